The van der Waals surface area contributed by atoms with Gasteiger partial charge in [-0.3, -0.25) is 4.79 Å². The molecule has 284 valence electrons. The highest BCUT2D eigenvalue weighted by Gasteiger charge is 2.89. The summed E-state index contributed by atoms with van der Waals surface area (Å²) in [6.45, 7) is 11.6. The molecule has 50 heavy (non-hydrogen) atoms. The zero-order valence-electron chi connectivity index (χ0n) is 30.7. The first-order valence-corrected chi connectivity index (χ1v) is 18.9. The topological polar surface area (TPSA) is 161 Å². The summed E-state index contributed by atoms with van der Waals surface area (Å²) in [7, 11) is 3.07. The number of carbonyl (C=O) groups is 1. The molecule has 5 aliphatic heterocycles. The van der Waals surface area contributed by atoms with Crippen molar-refractivity contribution in [1.29, 1.82) is 0 Å². The normalized spacial score (nSPS) is 59.5. The fourth-order valence-electron chi connectivity index (χ4n) is 13.0. The SMILES string of the molecule is CO[C@H]1[C@@H](O)[C@H](O[C@@H]2[C@@H](C)O[C@@H](O[C@H]3CC[C@@]4(C)[C@@H](CC[C@]56O[C@@]7(C)O[C@H]([C@@H](OC(C)=O)[C@]8(C)[C@H]7CC[C@@]85O)[C@H]46)C3)C[C@H]2OC)O[C@H](C)[C@H]1O. The molecule has 13 nitrogen and oxygen atoms in total. The number of carbonyl (C=O) groups excluding carboxylic acids is 1. The number of methoxy groups -OCH3 is 2. The lowest BCUT2D eigenvalue weighted by atomic mass is 9.37. The Balaban J connectivity index is 0.970. The van der Waals surface area contributed by atoms with Crippen LogP contribution in [0.15, 0.2) is 0 Å². The molecule has 13 heteroatoms. The van der Waals surface area contributed by atoms with Gasteiger partial charge in [-0.25, -0.2) is 0 Å². The maximum Gasteiger partial charge on any atom is 0.303 e. The maximum absolute atomic E-state index is 12.8. The first kappa shape index (κ1) is 36.0. The molecule has 5 heterocycles. The molecule has 9 rings (SSSR count). The monoisotopic (exact) mass is 710 g/mol. The van der Waals surface area contributed by atoms with Crippen molar-refractivity contribution in [1.82, 2.24) is 0 Å². The highest BCUT2D eigenvalue weighted by Crippen LogP contribution is 2.80. The molecule has 0 aromatic carbocycles. The summed E-state index contributed by atoms with van der Waals surface area (Å²) in [5.74, 6) is -1.07. The summed E-state index contributed by atoms with van der Waals surface area (Å²) in [6.07, 6.45) is -1.52. The van der Waals surface area contributed by atoms with Crippen molar-refractivity contribution in [2.75, 3.05) is 14.2 Å². The number of hydrogen-bond donors (Lipinski definition) is 3. The number of rotatable bonds is 7. The van der Waals surface area contributed by atoms with Crippen LogP contribution in [0.1, 0.15) is 92.9 Å². The highest BCUT2D eigenvalue weighted by atomic mass is 16.8. The molecule has 0 unspecified atom stereocenters. The Hall–Kier alpha value is -0.970. The van der Waals surface area contributed by atoms with Crippen LogP contribution in [0, 0.1) is 28.6 Å². The summed E-state index contributed by atoms with van der Waals surface area (Å²) in [5.41, 5.74) is -2.75. The molecule has 6 bridgehead atoms. The Morgan fingerprint density at radius 1 is 0.860 bits per heavy atom. The van der Waals surface area contributed by atoms with E-state index in [0.29, 0.717) is 12.8 Å². The van der Waals surface area contributed by atoms with Crippen molar-refractivity contribution in [2.45, 2.75) is 184 Å². The largest absolute Gasteiger partial charge is 0.459 e. The minimum absolute atomic E-state index is 0.0421. The van der Waals surface area contributed by atoms with Crippen LogP contribution in [0.3, 0.4) is 0 Å². The van der Waals surface area contributed by atoms with Crippen LogP contribution in [0.2, 0.25) is 0 Å². The second-order valence-electron chi connectivity index (χ2n) is 17.4. The van der Waals surface area contributed by atoms with Crippen molar-refractivity contribution in [3.63, 3.8) is 0 Å². The molecule has 0 aromatic rings. The van der Waals surface area contributed by atoms with E-state index in [9.17, 15) is 20.1 Å². The lowest BCUT2D eigenvalue weighted by Crippen LogP contribution is -2.90. The molecular formula is C37H58O13. The maximum atomic E-state index is 12.8. The second-order valence-corrected chi connectivity index (χ2v) is 17.4. The first-order chi connectivity index (χ1) is 23.6. The molecule has 20 atom stereocenters. The van der Waals surface area contributed by atoms with Gasteiger partial charge >= 0.3 is 5.97 Å². The van der Waals surface area contributed by atoms with Gasteiger partial charge in [0.2, 0.25) is 0 Å². The number of esters is 1. The standard InChI is InChI=1S/C37H58O13/c1-17-25(39)28(43-8)26(40)32(45-17)48-27-18(2)44-24(16-22(27)42-7)47-21-10-12-33(4)20(15-21)9-13-36-30(33)29-31(46-19(3)38)34(5)23(11-14-37(34,36)41)35(6,49-29)50-36/h17-18,20-32,39-41H,9-16H2,1-8H3/t17-,18-,20+,21+,22-,23-,24+,25-,26-,27-,28-,29+,30-,31-,32+,33+,34+,35-,36-,37-/m1/s1. The molecule has 4 saturated carbocycles. The molecule has 0 aromatic heterocycles. The predicted molar refractivity (Wildman–Crippen MR) is 173 cm³/mol. The quantitative estimate of drug-likeness (QED) is 0.262. The van der Waals surface area contributed by atoms with Crippen molar-refractivity contribution in [3.8, 4) is 0 Å². The number of fused-ring (bicyclic) bond motifs is 1. The molecule has 1 spiro atoms. The summed E-state index contributed by atoms with van der Waals surface area (Å²) in [6, 6.07) is 0. The third kappa shape index (κ3) is 4.67. The van der Waals surface area contributed by atoms with Crippen LogP contribution in [0.4, 0.5) is 0 Å². The van der Waals surface area contributed by atoms with E-state index < -0.39 is 77.7 Å². The van der Waals surface area contributed by atoms with Gasteiger partial charge in [-0.1, -0.05) is 13.8 Å². The second kappa shape index (κ2) is 12.0. The van der Waals surface area contributed by atoms with E-state index in [2.05, 4.69) is 13.8 Å². The molecular weight excluding hydrogens is 652 g/mol. The van der Waals surface area contributed by atoms with Gasteiger partial charge in [0, 0.05) is 44.8 Å². The van der Waals surface area contributed by atoms with E-state index in [1.807, 2.05) is 13.8 Å². The zero-order valence-corrected chi connectivity index (χ0v) is 30.7. The summed E-state index contributed by atoms with van der Waals surface area (Å²) < 4.78 is 56.5. The Labute approximate surface area is 294 Å². The summed E-state index contributed by atoms with van der Waals surface area (Å²) in [5, 5.41) is 34.1. The average molecular weight is 711 g/mol. The molecule has 0 radical (unpaired) electrons. The fourth-order valence-corrected chi connectivity index (χ4v) is 13.0. The van der Waals surface area contributed by atoms with E-state index >= 15 is 0 Å². The lowest BCUT2D eigenvalue weighted by Gasteiger charge is -2.79. The van der Waals surface area contributed by atoms with Crippen LogP contribution >= 0.6 is 0 Å². The number of hydrogen-bond acceptors (Lipinski definition) is 13. The van der Waals surface area contributed by atoms with Crippen molar-refractivity contribution in [2.24, 2.45) is 28.6 Å². The minimum Gasteiger partial charge on any atom is -0.459 e. The molecule has 9 aliphatic rings. The summed E-state index contributed by atoms with van der Waals surface area (Å²) >= 11 is 0. The highest BCUT2D eigenvalue weighted by molar-refractivity contribution is 5.66. The first-order valence-electron chi connectivity index (χ1n) is 18.9. The van der Waals surface area contributed by atoms with Crippen LogP contribution in [0.5, 0.6) is 0 Å². The molecule has 3 N–H and O–H groups in total. The van der Waals surface area contributed by atoms with Crippen molar-refractivity contribution < 1.29 is 62.7 Å². The Bertz CT molecular complexity index is 1330. The summed E-state index contributed by atoms with van der Waals surface area (Å²) in [4.78, 5) is 12.5. The Kier molecular flexibility index (Phi) is 8.66. The predicted octanol–water partition coefficient (Wildman–Crippen LogP) is 2.58. The van der Waals surface area contributed by atoms with Gasteiger partial charge in [0.15, 0.2) is 18.4 Å². The molecule has 4 aliphatic carbocycles. The number of ether oxygens (including phenoxy) is 9. The zero-order chi connectivity index (χ0) is 35.8. The molecule has 0 amide bonds. The van der Waals surface area contributed by atoms with Gasteiger partial charge < -0.3 is 58.0 Å². The van der Waals surface area contributed by atoms with E-state index in [1.54, 1.807) is 14.0 Å². The minimum atomic E-state index is -1.19. The molecule has 9 fully saturated rings. The average Bonchev–Trinajstić information content (AvgIpc) is 3.32. The van der Waals surface area contributed by atoms with Crippen LogP contribution < -0.4 is 0 Å². The van der Waals surface area contributed by atoms with Gasteiger partial charge in [-0.05, 0) is 77.0 Å². The smallest absolute Gasteiger partial charge is 0.303 e. The van der Waals surface area contributed by atoms with Gasteiger partial charge in [-0.2, -0.15) is 0 Å². The van der Waals surface area contributed by atoms with Crippen LogP contribution in [0.25, 0.3) is 0 Å². The van der Waals surface area contributed by atoms with E-state index in [0.717, 1.165) is 38.5 Å². The van der Waals surface area contributed by atoms with Gasteiger partial charge in [0.1, 0.15) is 47.8 Å². The van der Waals surface area contributed by atoms with Gasteiger partial charge in [0.05, 0.1) is 24.4 Å². The van der Waals surface area contributed by atoms with E-state index in [-0.39, 0.29) is 47.4 Å². The van der Waals surface area contributed by atoms with E-state index in [1.165, 1.54) is 14.0 Å². The Morgan fingerprint density at radius 2 is 1.62 bits per heavy atom. The van der Waals surface area contributed by atoms with Crippen LogP contribution in [-0.4, -0.2) is 126 Å². The van der Waals surface area contributed by atoms with Crippen LogP contribution in [-0.2, 0) is 47.4 Å². The van der Waals surface area contributed by atoms with Crippen molar-refractivity contribution in [3.05, 3.63) is 0 Å². The third-order valence-corrected chi connectivity index (χ3v) is 15.2. The Morgan fingerprint density at radius 3 is 2.32 bits per heavy atom. The number of aliphatic hydroxyl groups is 3. The number of aliphatic hydroxyl groups excluding tert-OH is 2. The lowest BCUT2D eigenvalue weighted by molar-refractivity contribution is -0.521. The van der Waals surface area contributed by atoms with Gasteiger partial charge in [0.25, 0.3) is 0 Å². The van der Waals surface area contributed by atoms with E-state index in [4.69, 9.17) is 42.6 Å². The third-order valence-electron chi connectivity index (χ3n) is 15.2. The fraction of sp³-hybridized carbons (Fsp3) is 0.973. The van der Waals surface area contributed by atoms with Crippen molar-refractivity contribution >= 4 is 5.97 Å². The van der Waals surface area contributed by atoms with Gasteiger partial charge in [-0.15, -0.1) is 0 Å². The molecule has 5 saturated heterocycles.